The van der Waals surface area contributed by atoms with Crippen molar-refractivity contribution in [1.82, 2.24) is 20.3 Å². The van der Waals surface area contributed by atoms with E-state index in [0.29, 0.717) is 0 Å². The highest BCUT2D eigenvalue weighted by atomic mass is 35.5. The summed E-state index contributed by atoms with van der Waals surface area (Å²) in [5.74, 6) is 0. The number of rotatable bonds is 4. The third-order valence-electron chi connectivity index (χ3n) is 2.92. The molecule has 96 valence electrons. The molecule has 0 aliphatic rings. The average Bonchev–Trinajstić information content (AvgIpc) is 2.73. The van der Waals surface area contributed by atoms with Crippen LogP contribution in [0.15, 0.2) is 24.4 Å². The molecule has 4 nitrogen and oxygen atoms in total. The summed E-state index contributed by atoms with van der Waals surface area (Å²) >= 11 is 6.34. The lowest BCUT2D eigenvalue weighted by Crippen LogP contribution is -2.24. The SMILES string of the molecule is CCNC(c1ccc(C)cc1Cl)c1cnnn1C. The van der Waals surface area contributed by atoms with Crippen molar-refractivity contribution in [2.24, 2.45) is 7.05 Å². The smallest absolute Gasteiger partial charge is 0.0799 e. The van der Waals surface area contributed by atoms with E-state index in [1.807, 2.05) is 20.0 Å². The Balaban J connectivity index is 2.45. The van der Waals surface area contributed by atoms with E-state index >= 15 is 0 Å². The molecule has 0 aliphatic heterocycles. The van der Waals surface area contributed by atoms with Crippen molar-refractivity contribution < 1.29 is 0 Å². The van der Waals surface area contributed by atoms with Crippen molar-refractivity contribution in [2.45, 2.75) is 19.9 Å². The number of aryl methyl sites for hydroxylation is 2. The van der Waals surface area contributed by atoms with Crippen LogP contribution in [-0.2, 0) is 7.05 Å². The fraction of sp³-hybridized carbons (Fsp3) is 0.385. The largest absolute Gasteiger partial charge is 0.305 e. The van der Waals surface area contributed by atoms with Gasteiger partial charge in [0.15, 0.2) is 0 Å². The Hall–Kier alpha value is -1.39. The number of hydrogen-bond acceptors (Lipinski definition) is 3. The van der Waals surface area contributed by atoms with Crippen LogP contribution in [0.2, 0.25) is 5.02 Å². The number of halogens is 1. The van der Waals surface area contributed by atoms with Gasteiger partial charge in [-0.3, -0.25) is 4.68 Å². The van der Waals surface area contributed by atoms with E-state index in [2.05, 4.69) is 34.7 Å². The first-order valence-electron chi connectivity index (χ1n) is 5.97. The maximum atomic E-state index is 6.34. The Morgan fingerprint density at radius 1 is 1.44 bits per heavy atom. The van der Waals surface area contributed by atoms with E-state index in [1.54, 1.807) is 10.9 Å². The van der Waals surface area contributed by atoms with Crippen molar-refractivity contribution in [2.75, 3.05) is 6.54 Å². The monoisotopic (exact) mass is 264 g/mol. The van der Waals surface area contributed by atoms with Gasteiger partial charge < -0.3 is 5.32 Å². The zero-order valence-corrected chi connectivity index (χ0v) is 11.6. The molecule has 0 fully saturated rings. The van der Waals surface area contributed by atoms with E-state index < -0.39 is 0 Å². The molecule has 1 atom stereocenters. The van der Waals surface area contributed by atoms with Crippen molar-refractivity contribution >= 4 is 11.6 Å². The van der Waals surface area contributed by atoms with Crippen LogP contribution in [0.1, 0.15) is 29.8 Å². The van der Waals surface area contributed by atoms with Gasteiger partial charge in [0.2, 0.25) is 0 Å². The van der Waals surface area contributed by atoms with Gasteiger partial charge in [-0.1, -0.05) is 35.9 Å². The Bertz CT molecular complexity index is 536. The topological polar surface area (TPSA) is 42.7 Å². The minimum Gasteiger partial charge on any atom is -0.305 e. The van der Waals surface area contributed by atoms with Gasteiger partial charge in [-0.2, -0.15) is 0 Å². The summed E-state index contributed by atoms with van der Waals surface area (Å²) in [7, 11) is 1.88. The van der Waals surface area contributed by atoms with Gasteiger partial charge in [-0.05, 0) is 30.7 Å². The van der Waals surface area contributed by atoms with Crippen molar-refractivity contribution in [3.8, 4) is 0 Å². The van der Waals surface area contributed by atoms with Crippen LogP contribution < -0.4 is 5.32 Å². The van der Waals surface area contributed by atoms with Gasteiger partial charge in [0, 0.05) is 12.1 Å². The Labute approximate surface area is 112 Å². The third kappa shape index (κ3) is 2.54. The fourth-order valence-electron chi connectivity index (χ4n) is 2.00. The predicted molar refractivity (Wildman–Crippen MR) is 72.7 cm³/mol. The lowest BCUT2D eigenvalue weighted by Gasteiger charge is -2.19. The lowest BCUT2D eigenvalue weighted by atomic mass is 10.0. The van der Waals surface area contributed by atoms with Crippen LogP contribution in [0.25, 0.3) is 0 Å². The van der Waals surface area contributed by atoms with Gasteiger partial charge >= 0.3 is 0 Å². The second-order valence-corrected chi connectivity index (χ2v) is 4.71. The first-order valence-corrected chi connectivity index (χ1v) is 6.35. The molecule has 0 bridgehead atoms. The highest BCUT2D eigenvalue weighted by molar-refractivity contribution is 6.31. The maximum absolute atomic E-state index is 6.34. The minimum absolute atomic E-state index is 0.0168. The van der Waals surface area contributed by atoms with Crippen LogP contribution in [0.5, 0.6) is 0 Å². The molecule has 0 spiro atoms. The van der Waals surface area contributed by atoms with Crippen LogP contribution in [-0.4, -0.2) is 21.5 Å². The highest BCUT2D eigenvalue weighted by Crippen LogP contribution is 2.28. The molecule has 1 heterocycles. The lowest BCUT2D eigenvalue weighted by molar-refractivity contribution is 0.568. The van der Waals surface area contributed by atoms with E-state index in [-0.39, 0.29) is 6.04 Å². The Morgan fingerprint density at radius 2 is 2.22 bits per heavy atom. The van der Waals surface area contributed by atoms with Gasteiger partial charge in [0.25, 0.3) is 0 Å². The summed E-state index contributed by atoms with van der Waals surface area (Å²) in [5, 5.41) is 12.1. The number of benzene rings is 1. The minimum atomic E-state index is 0.0168. The van der Waals surface area contributed by atoms with Crippen molar-refractivity contribution in [3.63, 3.8) is 0 Å². The van der Waals surface area contributed by atoms with Gasteiger partial charge in [-0.15, -0.1) is 5.10 Å². The molecular weight excluding hydrogens is 248 g/mol. The molecule has 2 rings (SSSR count). The van der Waals surface area contributed by atoms with E-state index in [0.717, 1.165) is 28.4 Å². The molecule has 0 saturated carbocycles. The second kappa shape index (κ2) is 5.50. The van der Waals surface area contributed by atoms with Crippen LogP contribution in [0, 0.1) is 6.92 Å². The standard InChI is InChI=1S/C13H17ClN4/c1-4-15-13(12-8-16-17-18(12)3)10-6-5-9(2)7-11(10)14/h5-8,13,15H,4H2,1-3H3. The predicted octanol–water partition coefficient (Wildman–Crippen LogP) is 2.48. The molecular formula is C13H17ClN4. The van der Waals surface area contributed by atoms with E-state index in [1.165, 1.54) is 0 Å². The summed E-state index contributed by atoms with van der Waals surface area (Å²) in [6, 6.07) is 6.11. The molecule has 0 aliphatic carbocycles. The number of nitrogens with one attached hydrogen (secondary N) is 1. The molecule has 0 saturated heterocycles. The molecule has 1 aromatic carbocycles. The number of nitrogens with zero attached hydrogens (tertiary/aromatic N) is 3. The summed E-state index contributed by atoms with van der Waals surface area (Å²) in [6.45, 7) is 4.95. The molecule has 2 aromatic rings. The number of hydrogen-bond donors (Lipinski definition) is 1. The maximum Gasteiger partial charge on any atom is 0.0799 e. The molecule has 1 N–H and O–H groups in total. The molecule has 5 heteroatoms. The van der Waals surface area contributed by atoms with Crippen LogP contribution >= 0.6 is 11.6 Å². The number of aromatic nitrogens is 3. The zero-order valence-electron chi connectivity index (χ0n) is 10.8. The van der Waals surface area contributed by atoms with Crippen LogP contribution in [0.4, 0.5) is 0 Å². The second-order valence-electron chi connectivity index (χ2n) is 4.30. The quantitative estimate of drug-likeness (QED) is 0.923. The van der Waals surface area contributed by atoms with Crippen molar-refractivity contribution in [3.05, 3.63) is 46.2 Å². The summed E-state index contributed by atoms with van der Waals surface area (Å²) in [4.78, 5) is 0. The first kappa shape index (κ1) is 13.1. The van der Waals surface area contributed by atoms with Gasteiger partial charge in [0.05, 0.1) is 17.9 Å². The van der Waals surface area contributed by atoms with E-state index in [9.17, 15) is 0 Å². The van der Waals surface area contributed by atoms with Gasteiger partial charge in [0.1, 0.15) is 0 Å². The Morgan fingerprint density at radius 3 is 2.78 bits per heavy atom. The van der Waals surface area contributed by atoms with Gasteiger partial charge in [-0.25, -0.2) is 0 Å². The summed E-state index contributed by atoms with van der Waals surface area (Å²) in [5.41, 5.74) is 3.21. The van der Waals surface area contributed by atoms with E-state index in [4.69, 9.17) is 11.6 Å². The van der Waals surface area contributed by atoms with Crippen molar-refractivity contribution in [1.29, 1.82) is 0 Å². The summed E-state index contributed by atoms with van der Waals surface area (Å²) < 4.78 is 1.77. The molecule has 0 radical (unpaired) electrons. The molecule has 1 aromatic heterocycles. The Kier molecular flexibility index (Phi) is 3.99. The molecule has 1 unspecified atom stereocenters. The molecule has 18 heavy (non-hydrogen) atoms. The molecule has 0 amide bonds. The first-order chi connectivity index (χ1) is 8.63. The summed E-state index contributed by atoms with van der Waals surface area (Å²) in [6.07, 6.45) is 1.77. The highest BCUT2D eigenvalue weighted by Gasteiger charge is 2.19. The average molecular weight is 265 g/mol. The normalized spacial score (nSPS) is 12.7. The fourth-order valence-corrected chi connectivity index (χ4v) is 2.35. The van der Waals surface area contributed by atoms with Crippen LogP contribution in [0.3, 0.4) is 0 Å². The third-order valence-corrected chi connectivity index (χ3v) is 3.25. The zero-order chi connectivity index (χ0) is 13.1.